The molecule has 0 spiro atoms. The number of aromatic nitrogens is 1. The number of pyridine rings is 1. The zero-order chi connectivity index (χ0) is 14.5. The lowest BCUT2D eigenvalue weighted by molar-refractivity contribution is 0.146. The SMILES string of the molecule is CC(C)N(C)c1ccc(CNCC2CNCC2O)cn1. The first-order chi connectivity index (χ1) is 9.58. The molecule has 3 N–H and O–H groups in total. The van der Waals surface area contributed by atoms with Crippen LogP contribution in [0, 0.1) is 5.92 Å². The summed E-state index contributed by atoms with van der Waals surface area (Å²) in [5.74, 6) is 1.31. The van der Waals surface area contributed by atoms with Crippen LogP contribution in [0.15, 0.2) is 18.3 Å². The highest BCUT2D eigenvalue weighted by Gasteiger charge is 2.23. The minimum absolute atomic E-state index is 0.220. The summed E-state index contributed by atoms with van der Waals surface area (Å²) < 4.78 is 0. The number of nitrogens with zero attached hydrogens (tertiary/aromatic N) is 2. The zero-order valence-corrected chi connectivity index (χ0v) is 12.6. The topological polar surface area (TPSA) is 60.4 Å². The van der Waals surface area contributed by atoms with Gasteiger partial charge in [-0.25, -0.2) is 4.98 Å². The number of hydrogen-bond acceptors (Lipinski definition) is 5. The summed E-state index contributed by atoms with van der Waals surface area (Å²) in [6.07, 6.45) is 1.70. The standard InChI is InChI=1S/C15H26N4O/c1-11(2)19(3)15-5-4-12(7-18-15)6-16-8-13-9-17-10-14(13)20/h4-5,7,11,13-14,16-17,20H,6,8-10H2,1-3H3. The molecule has 0 bridgehead atoms. The van der Waals surface area contributed by atoms with E-state index in [0.717, 1.165) is 25.5 Å². The number of aliphatic hydroxyl groups is 1. The van der Waals surface area contributed by atoms with Crippen LogP contribution in [0.5, 0.6) is 0 Å². The third-order valence-corrected chi connectivity index (χ3v) is 3.98. The highest BCUT2D eigenvalue weighted by atomic mass is 16.3. The first-order valence-corrected chi connectivity index (χ1v) is 7.35. The highest BCUT2D eigenvalue weighted by molar-refractivity contribution is 5.39. The molecule has 112 valence electrons. The Morgan fingerprint density at radius 3 is 2.80 bits per heavy atom. The Bertz CT molecular complexity index is 407. The van der Waals surface area contributed by atoms with Crippen LogP contribution in [0.25, 0.3) is 0 Å². The Hall–Kier alpha value is -1.17. The van der Waals surface area contributed by atoms with Crippen LogP contribution in [0.1, 0.15) is 19.4 Å². The number of nitrogens with one attached hydrogen (secondary N) is 2. The fourth-order valence-corrected chi connectivity index (χ4v) is 2.32. The number of aliphatic hydroxyl groups excluding tert-OH is 1. The van der Waals surface area contributed by atoms with Crippen LogP contribution < -0.4 is 15.5 Å². The van der Waals surface area contributed by atoms with E-state index in [2.05, 4.69) is 53.5 Å². The first-order valence-electron chi connectivity index (χ1n) is 7.35. The summed E-state index contributed by atoms with van der Waals surface area (Å²) >= 11 is 0. The van der Waals surface area contributed by atoms with Gasteiger partial charge in [-0.3, -0.25) is 0 Å². The molecule has 2 unspecified atom stereocenters. The molecule has 1 aromatic heterocycles. The lowest BCUT2D eigenvalue weighted by Gasteiger charge is -2.22. The molecule has 2 atom stereocenters. The fraction of sp³-hybridized carbons (Fsp3) is 0.667. The van der Waals surface area contributed by atoms with Crippen LogP contribution >= 0.6 is 0 Å². The Morgan fingerprint density at radius 1 is 1.45 bits per heavy atom. The Kier molecular flexibility index (Phi) is 5.34. The molecule has 5 nitrogen and oxygen atoms in total. The molecule has 0 saturated carbocycles. The van der Waals surface area contributed by atoms with Crippen molar-refractivity contribution >= 4 is 5.82 Å². The monoisotopic (exact) mass is 278 g/mol. The maximum absolute atomic E-state index is 9.72. The molecule has 2 rings (SSSR count). The second-order valence-electron chi connectivity index (χ2n) is 5.85. The lowest BCUT2D eigenvalue weighted by atomic mass is 10.1. The normalized spacial score (nSPS) is 22.4. The summed E-state index contributed by atoms with van der Waals surface area (Å²) in [7, 11) is 2.05. The predicted molar refractivity (Wildman–Crippen MR) is 81.8 cm³/mol. The molecule has 1 fully saturated rings. The molecule has 1 saturated heterocycles. The van der Waals surface area contributed by atoms with Gasteiger partial charge in [-0.05, 0) is 25.5 Å². The van der Waals surface area contributed by atoms with Gasteiger partial charge in [0.15, 0.2) is 0 Å². The molecule has 0 aliphatic carbocycles. The van der Waals surface area contributed by atoms with Crippen molar-refractivity contribution in [3.05, 3.63) is 23.9 Å². The average Bonchev–Trinajstić information content (AvgIpc) is 2.84. The summed E-state index contributed by atoms with van der Waals surface area (Å²) in [4.78, 5) is 6.64. The van der Waals surface area contributed by atoms with Crippen molar-refractivity contribution in [3.8, 4) is 0 Å². The van der Waals surface area contributed by atoms with Gasteiger partial charge >= 0.3 is 0 Å². The van der Waals surface area contributed by atoms with E-state index in [0.29, 0.717) is 18.5 Å². The molecule has 0 amide bonds. The van der Waals surface area contributed by atoms with Gasteiger partial charge < -0.3 is 20.6 Å². The molecule has 1 aliphatic heterocycles. The summed E-state index contributed by atoms with van der Waals surface area (Å²) in [6, 6.07) is 4.61. The molecule has 1 aromatic rings. The van der Waals surface area contributed by atoms with E-state index in [9.17, 15) is 5.11 Å². The third kappa shape index (κ3) is 3.91. The van der Waals surface area contributed by atoms with Crippen molar-refractivity contribution in [2.24, 2.45) is 5.92 Å². The van der Waals surface area contributed by atoms with Crippen LogP contribution in [0.4, 0.5) is 5.82 Å². The van der Waals surface area contributed by atoms with E-state index in [1.165, 1.54) is 5.56 Å². The van der Waals surface area contributed by atoms with Crippen LogP contribution in [-0.2, 0) is 6.54 Å². The molecule has 0 radical (unpaired) electrons. The molecule has 0 aromatic carbocycles. The van der Waals surface area contributed by atoms with Gasteiger partial charge in [0.2, 0.25) is 0 Å². The molecule has 1 aliphatic rings. The molecule has 5 heteroatoms. The third-order valence-electron chi connectivity index (χ3n) is 3.98. The van der Waals surface area contributed by atoms with Crippen molar-refractivity contribution in [2.75, 3.05) is 31.6 Å². The van der Waals surface area contributed by atoms with E-state index in [1.807, 2.05) is 6.20 Å². The smallest absolute Gasteiger partial charge is 0.128 e. The Balaban J connectivity index is 1.79. The van der Waals surface area contributed by atoms with Crippen LogP contribution in [0.3, 0.4) is 0 Å². The fourth-order valence-electron chi connectivity index (χ4n) is 2.32. The van der Waals surface area contributed by atoms with E-state index in [1.54, 1.807) is 0 Å². The minimum Gasteiger partial charge on any atom is -0.391 e. The number of hydrogen-bond donors (Lipinski definition) is 3. The van der Waals surface area contributed by atoms with Gasteiger partial charge in [-0.2, -0.15) is 0 Å². The van der Waals surface area contributed by atoms with Gasteiger partial charge in [0.1, 0.15) is 5.82 Å². The van der Waals surface area contributed by atoms with E-state index >= 15 is 0 Å². The second-order valence-corrected chi connectivity index (χ2v) is 5.85. The summed E-state index contributed by atoms with van der Waals surface area (Å²) in [5, 5.41) is 16.3. The van der Waals surface area contributed by atoms with Gasteiger partial charge in [-0.15, -0.1) is 0 Å². The number of anilines is 1. The second kappa shape index (κ2) is 7.02. The molecule has 20 heavy (non-hydrogen) atoms. The maximum Gasteiger partial charge on any atom is 0.128 e. The zero-order valence-electron chi connectivity index (χ0n) is 12.6. The number of rotatable bonds is 6. The highest BCUT2D eigenvalue weighted by Crippen LogP contribution is 2.12. The quantitative estimate of drug-likeness (QED) is 0.711. The van der Waals surface area contributed by atoms with E-state index < -0.39 is 0 Å². The minimum atomic E-state index is -0.220. The van der Waals surface area contributed by atoms with Crippen molar-refractivity contribution in [1.82, 2.24) is 15.6 Å². The number of β-amino-alcohol motifs (C(OH)–C–C–N with tert-alkyl or cyclic N) is 1. The van der Waals surface area contributed by atoms with Gasteiger partial charge in [0.05, 0.1) is 6.10 Å². The van der Waals surface area contributed by atoms with E-state index in [-0.39, 0.29) is 6.10 Å². The van der Waals surface area contributed by atoms with Gasteiger partial charge in [0.25, 0.3) is 0 Å². The van der Waals surface area contributed by atoms with E-state index in [4.69, 9.17) is 0 Å². The lowest BCUT2D eigenvalue weighted by Crippen LogP contribution is -2.30. The largest absolute Gasteiger partial charge is 0.391 e. The molecule has 2 heterocycles. The summed E-state index contributed by atoms with van der Waals surface area (Å²) in [5.41, 5.74) is 1.17. The van der Waals surface area contributed by atoms with Crippen molar-refractivity contribution in [3.63, 3.8) is 0 Å². The van der Waals surface area contributed by atoms with Crippen molar-refractivity contribution in [1.29, 1.82) is 0 Å². The maximum atomic E-state index is 9.72. The van der Waals surface area contributed by atoms with Gasteiger partial charge in [0, 0.05) is 51.4 Å². The Labute approximate surface area is 121 Å². The van der Waals surface area contributed by atoms with Gasteiger partial charge in [-0.1, -0.05) is 6.07 Å². The first kappa shape index (κ1) is 15.2. The van der Waals surface area contributed by atoms with Crippen LogP contribution in [0.2, 0.25) is 0 Å². The molecular weight excluding hydrogens is 252 g/mol. The Morgan fingerprint density at radius 2 is 2.25 bits per heavy atom. The van der Waals surface area contributed by atoms with Crippen LogP contribution in [-0.4, -0.2) is 48.9 Å². The predicted octanol–water partition coefficient (Wildman–Crippen LogP) is 0.596. The van der Waals surface area contributed by atoms with Crippen molar-refractivity contribution < 1.29 is 5.11 Å². The summed E-state index contributed by atoms with van der Waals surface area (Å²) in [6.45, 7) is 7.54. The van der Waals surface area contributed by atoms with Crippen molar-refractivity contribution in [2.45, 2.75) is 32.5 Å². The molecular formula is C15H26N4O. The average molecular weight is 278 g/mol.